The SMILES string of the molecule is O=C(Cc1ccc(S)cc1)NCCc1ccc(Cl)cc1Cl. The Kier molecular flexibility index (Phi) is 5.97. The second kappa shape index (κ2) is 7.74. The summed E-state index contributed by atoms with van der Waals surface area (Å²) in [4.78, 5) is 12.7. The number of benzene rings is 2. The van der Waals surface area contributed by atoms with Gasteiger partial charge in [0.2, 0.25) is 5.91 Å². The fourth-order valence-electron chi connectivity index (χ4n) is 1.92. The molecule has 0 aliphatic rings. The van der Waals surface area contributed by atoms with Crippen LogP contribution in [0.3, 0.4) is 0 Å². The van der Waals surface area contributed by atoms with Crippen molar-refractivity contribution in [2.45, 2.75) is 17.7 Å². The molecule has 0 aliphatic carbocycles. The number of rotatable bonds is 5. The summed E-state index contributed by atoms with van der Waals surface area (Å²) in [6, 6.07) is 12.9. The molecular weight excluding hydrogens is 325 g/mol. The molecular formula is C16H15Cl2NOS. The van der Waals surface area contributed by atoms with E-state index in [4.69, 9.17) is 23.2 Å². The molecule has 2 rings (SSSR count). The first-order valence-corrected chi connectivity index (χ1v) is 7.73. The number of halogens is 2. The zero-order chi connectivity index (χ0) is 15.2. The molecule has 0 aromatic heterocycles. The van der Waals surface area contributed by atoms with Gasteiger partial charge in [0.1, 0.15) is 0 Å². The highest BCUT2D eigenvalue weighted by molar-refractivity contribution is 7.80. The molecule has 0 aliphatic heterocycles. The van der Waals surface area contributed by atoms with E-state index >= 15 is 0 Å². The first-order valence-electron chi connectivity index (χ1n) is 6.53. The molecule has 0 saturated heterocycles. The Morgan fingerprint density at radius 2 is 1.81 bits per heavy atom. The zero-order valence-corrected chi connectivity index (χ0v) is 13.7. The first-order chi connectivity index (χ1) is 10.0. The van der Waals surface area contributed by atoms with Crippen LogP contribution in [0.25, 0.3) is 0 Å². The summed E-state index contributed by atoms with van der Waals surface area (Å²) in [6.45, 7) is 0.546. The van der Waals surface area contributed by atoms with Crippen LogP contribution in [0.2, 0.25) is 10.0 Å². The second-order valence-electron chi connectivity index (χ2n) is 4.68. The molecule has 21 heavy (non-hydrogen) atoms. The van der Waals surface area contributed by atoms with Crippen molar-refractivity contribution >= 4 is 41.7 Å². The molecule has 5 heteroatoms. The molecule has 0 unspecified atom stereocenters. The van der Waals surface area contributed by atoms with E-state index in [2.05, 4.69) is 17.9 Å². The van der Waals surface area contributed by atoms with Crippen LogP contribution in [-0.2, 0) is 17.6 Å². The van der Waals surface area contributed by atoms with Crippen LogP contribution in [0, 0.1) is 0 Å². The fraction of sp³-hybridized carbons (Fsp3) is 0.188. The lowest BCUT2D eigenvalue weighted by atomic mass is 10.1. The van der Waals surface area contributed by atoms with Gasteiger partial charge in [-0.05, 0) is 41.8 Å². The van der Waals surface area contributed by atoms with E-state index in [-0.39, 0.29) is 5.91 Å². The van der Waals surface area contributed by atoms with Crippen molar-refractivity contribution in [2.24, 2.45) is 0 Å². The lowest BCUT2D eigenvalue weighted by Gasteiger charge is -2.07. The molecule has 1 amide bonds. The van der Waals surface area contributed by atoms with E-state index in [0.717, 1.165) is 16.0 Å². The Bertz CT molecular complexity index is 629. The summed E-state index contributed by atoms with van der Waals surface area (Å²) in [5, 5.41) is 4.12. The normalized spacial score (nSPS) is 10.4. The summed E-state index contributed by atoms with van der Waals surface area (Å²) in [5.41, 5.74) is 1.94. The maximum absolute atomic E-state index is 11.8. The maximum atomic E-state index is 11.8. The highest BCUT2D eigenvalue weighted by atomic mass is 35.5. The van der Waals surface area contributed by atoms with Gasteiger partial charge in [0, 0.05) is 21.5 Å². The summed E-state index contributed by atoms with van der Waals surface area (Å²) in [7, 11) is 0. The number of hydrogen-bond donors (Lipinski definition) is 2. The van der Waals surface area contributed by atoms with Gasteiger partial charge in [-0.25, -0.2) is 0 Å². The van der Waals surface area contributed by atoms with Gasteiger partial charge in [0.15, 0.2) is 0 Å². The third-order valence-corrected chi connectivity index (χ3v) is 3.92. The minimum atomic E-state index is -0.00741. The van der Waals surface area contributed by atoms with E-state index in [9.17, 15) is 4.79 Å². The summed E-state index contributed by atoms with van der Waals surface area (Å²) >= 11 is 16.1. The highest BCUT2D eigenvalue weighted by Gasteiger charge is 2.05. The molecule has 0 fully saturated rings. The smallest absolute Gasteiger partial charge is 0.224 e. The topological polar surface area (TPSA) is 29.1 Å². The molecule has 0 heterocycles. The quantitative estimate of drug-likeness (QED) is 0.786. The van der Waals surface area contributed by atoms with Crippen LogP contribution in [-0.4, -0.2) is 12.5 Å². The summed E-state index contributed by atoms with van der Waals surface area (Å²) in [6.07, 6.45) is 1.04. The third kappa shape index (κ3) is 5.27. The average molecular weight is 340 g/mol. The minimum Gasteiger partial charge on any atom is -0.355 e. The van der Waals surface area contributed by atoms with Crippen molar-refractivity contribution in [1.29, 1.82) is 0 Å². The predicted octanol–water partition coefficient (Wildman–Crippen LogP) is 4.18. The highest BCUT2D eigenvalue weighted by Crippen LogP contribution is 2.21. The molecule has 1 N–H and O–H groups in total. The number of carbonyl (C=O) groups excluding carboxylic acids is 1. The number of nitrogens with one attached hydrogen (secondary N) is 1. The molecule has 110 valence electrons. The Hall–Kier alpha value is -1.16. The molecule has 0 bridgehead atoms. The van der Waals surface area contributed by atoms with Gasteiger partial charge in [0.25, 0.3) is 0 Å². The molecule has 0 atom stereocenters. The van der Waals surface area contributed by atoms with Crippen molar-refractivity contribution in [2.75, 3.05) is 6.54 Å². The number of hydrogen-bond acceptors (Lipinski definition) is 2. The van der Waals surface area contributed by atoms with Gasteiger partial charge in [-0.15, -0.1) is 12.6 Å². The van der Waals surface area contributed by atoms with Crippen LogP contribution in [0.4, 0.5) is 0 Å². The van der Waals surface area contributed by atoms with E-state index in [0.29, 0.717) is 29.4 Å². The maximum Gasteiger partial charge on any atom is 0.224 e. The standard InChI is InChI=1S/C16H15Cl2NOS/c17-13-4-3-12(15(18)10-13)7-8-19-16(20)9-11-1-5-14(21)6-2-11/h1-6,10,21H,7-9H2,(H,19,20). The van der Waals surface area contributed by atoms with Gasteiger partial charge in [-0.3, -0.25) is 4.79 Å². The number of amides is 1. The van der Waals surface area contributed by atoms with E-state index in [1.54, 1.807) is 12.1 Å². The van der Waals surface area contributed by atoms with E-state index < -0.39 is 0 Å². The summed E-state index contributed by atoms with van der Waals surface area (Å²) in [5.74, 6) is -0.00741. The third-order valence-electron chi connectivity index (χ3n) is 3.03. The van der Waals surface area contributed by atoms with E-state index in [1.165, 1.54) is 0 Å². The van der Waals surface area contributed by atoms with Crippen molar-refractivity contribution in [3.8, 4) is 0 Å². The molecule has 2 aromatic carbocycles. The van der Waals surface area contributed by atoms with Crippen LogP contribution in [0.1, 0.15) is 11.1 Å². The Morgan fingerprint density at radius 1 is 1.10 bits per heavy atom. The summed E-state index contributed by atoms with van der Waals surface area (Å²) < 4.78 is 0. The van der Waals surface area contributed by atoms with Gasteiger partial charge in [-0.2, -0.15) is 0 Å². The van der Waals surface area contributed by atoms with Crippen molar-refractivity contribution in [3.05, 3.63) is 63.6 Å². The fourth-order valence-corrected chi connectivity index (χ4v) is 2.57. The Labute approximate surface area is 139 Å². The van der Waals surface area contributed by atoms with Gasteiger partial charge >= 0.3 is 0 Å². The molecule has 0 saturated carbocycles. The monoisotopic (exact) mass is 339 g/mol. The second-order valence-corrected chi connectivity index (χ2v) is 6.04. The minimum absolute atomic E-state index is 0.00741. The zero-order valence-electron chi connectivity index (χ0n) is 11.3. The van der Waals surface area contributed by atoms with Crippen LogP contribution < -0.4 is 5.32 Å². The Balaban J connectivity index is 1.80. The first kappa shape index (κ1) is 16.2. The van der Waals surface area contributed by atoms with Crippen LogP contribution in [0.15, 0.2) is 47.4 Å². The number of carbonyl (C=O) groups is 1. The molecule has 0 spiro atoms. The van der Waals surface area contributed by atoms with E-state index in [1.807, 2.05) is 30.3 Å². The van der Waals surface area contributed by atoms with Gasteiger partial charge in [0.05, 0.1) is 6.42 Å². The number of thiol groups is 1. The lowest BCUT2D eigenvalue weighted by molar-refractivity contribution is -0.120. The van der Waals surface area contributed by atoms with Gasteiger partial charge in [-0.1, -0.05) is 41.4 Å². The van der Waals surface area contributed by atoms with Crippen molar-refractivity contribution in [3.63, 3.8) is 0 Å². The predicted molar refractivity (Wildman–Crippen MR) is 90.6 cm³/mol. The van der Waals surface area contributed by atoms with Crippen LogP contribution >= 0.6 is 35.8 Å². The van der Waals surface area contributed by atoms with Crippen LogP contribution in [0.5, 0.6) is 0 Å². The largest absolute Gasteiger partial charge is 0.355 e. The average Bonchev–Trinajstić information content (AvgIpc) is 2.44. The van der Waals surface area contributed by atoms with Gasteiger partial charge < -0.3 is 5.32 Å². The lowest BCUT2D eigenvalue weighted by Crippen LogP contribution is -2.27. The van der Waals surface area contributed by atoms with Crippen molar-refractivity contribution in [1.82, 2.24) is 5.32 Å². The van der Waals surface area contributed by atoms with Crippen molar-refractivity contribution < 1.29 is 4.79 Å². The molecule has 2 aromatic rings. The molecule has 0 radical (unpaired) electrons. The molecule has 2 nitrogen and oxygen atoms in total. The Morgan fingerprint density at radius 3 is 2.48 bits per heavy atom.